The van der Waals surface area contributed by atoms with Gasteiger partial charge < -0.3 is 10.5 Å². The zero-order valence-corrected chi connectivity index (χ0v) is 9.56. The molecule has 0 aromatic heterocycles. The van der Waals surface area contributed by atoms with Gasteiger partial charge in [-0.2, -0.15) is 0 Å². The smallest absolute Gasteiger partial charge is 0.239 e. The number of fused-ring (bicyclic) bond motifs is 1. The Bertz CT molecular complexity index is 417. The van der Waals surface area contributed by atoms with Crippen LogP contribution in [0.4, 0.5) is 0 Å². The molecule has 86 valence electrons. The van der Waals surface area contributed by atoms with Gasteiger partial charge in [0, 0.05) is 6.54 Å². The Hall–Kier alpha value is -1.55. The summed E-state index contributed by atoms with van der Waals surface area (Å²) in [6.45, 7) is 0.841. The molecule has 1 atom stereocenters. The highest BCUT2D eigenvalue weighted by Crippen LogP contribution is 2.30. The molecular weight excluding hydrogens is 204 g/mol. The summed E-state index contributed by atoms with van der Waals surface area (Å²) in [7, 11) is 3.56. The molecular formula is C12H16N2O2. The molecule has 1 heterocycles. The van der Waals surface area contributed by atoms with E-state index >= 15 is 0 Å². The fraction of sp³-hybridized carbons (Fsp3) is 0.417. The van der Waals surface area contributed by atoms with Crippen LogP contribution >= 0.6 is 0 Å². The number of likely N-dealkylation sites (N-methyl/N-ethyl adjacent to an activating group) is 1. The van der Waals surface area contributed by atoms with E-state index in [2.05, 4.69) is 0 Å². The third-order valence-electron chi connectivity index (χ3n) is 3.09. The molecule has 0 radical (unpaired) electrons. The van der Waals surface area contributed by atoms with Crippen molar-refractivity contribution in [1.82, 2.24) is 4.90 Å². The van der Waals surface area contributed by atoms with Gasteiger partial charge in [0.05, 0.1) is 7.11 Å². The lowest BCUT2D eigenvalue weighted by Crippen LogP contribution is -2.40. The van der Waals surface area contributed by atoms with Crippen LogP contribution in [0.5, 0.6) is 5.75 Å². The van der Waals surface area contributed by atoms with Gasteiger partial charge in [0.25, 0.3) is 0 Å². The number of nitrogens with two attached hydrogens (primary N) is 1. The molecule has 0 fully saturated rings. The summed E-state index contributed by atoms with van der Waals surface area (Å²) < 4.78 is 5.17. The third-order valence-corrected chi connectivity index (χ3v) is 3.09. The van der Waals surface area contributed by atoms with Gasteiger partial charge in [-0.25, -0.2) is 0 Å². The predicted molar refractivity (Wildman–Crippen MR) is 61.3 cm³/mol. The lowest BCUT2D eigenvalue weighted by Gasteiger charge is -2.32. The Morgan fingerprint density at radius 3 is 2.94 bits per heavy atom. The molecule has 4 nitrogen and oxygen atoms in total. The number of hydrogen-bond donors (Lipinski definition) is 1. The molecule has 0 aliphatic carbocycles. The summed E-state index contributed by atoms with van der Waals surface area (Å²) in [5, 5.41) is 0. The summed E-state index contributed by atoms with van der Waals surface area (Å²) >= 11 is 0. The maximum Gasteiger partial charge on any atom is 0.239 e. The predicted octanol–water partition coefficient (Wildman–Crippen LogP) is 0.709. The first-order valence-electron chi connectivity index (χ1n) is 5.30. The number of ether oxygens (including phenoxy) is 1. The summed E-state index contributed by atoms with van der Waals surface area (Å²) in [5.74, 6) is 0.528. The second-order valence-electron chi connectivity index (χ2n) is 4.10. The fourth-order valence-corrected chi connectivity index (χ4v) is 2.23. The normalized spacial score (nSPS) is 20.2. The third kappa shape index (κ3) is 1.76. The van der Waals surface area contributed by atoms with Crippen LogP contribution in [0.25, 0.3) is 0 Å². The van der Waals surface area contributed by atoms with Crippen molar-refractivity contribution in [1.29, 1.82) is 0 Å². The van der Waals surface area contributed by atoms with Crippen molar-refractivity contribution in [3.05, 3.63) is 29.3 Å². The topological polar surface area (TPSA) is 55.6 Å². The van der Waals surface area contributed by atoms with Crippen molar-refractivity contribution >= 4 is 5.91 Å². The van der Waals surface area contributed by atoms with Crippen LogP contribution in [0.15, 0.2) is 18.2 Å². The average molecular weight is 220 g/mol. The zero-order valence-electron chi connectivity index (χ0n) is 9.56. The van der Waals surface area contributed by atoms with E-state index in [1.165, 1.54) is 0 Å². The highest BCUT2D eigenvalue weighted by Gasteiger charge is 2.29. The number of nitrogens with zero attached hydrogens (tertiary/aromatic N) is 1. The van der Waals surface area contributed by atoms with Crippen LogP contribution in [0.3, 0.4) is 0 Å². The highest BCUT2D eigenvalue weighted by atomic mass is 16.5. The highest BCUT2D eigenvalue weighted by molar-refractivity contribution is 5.82. The SMILES string of the molecule is COc1ccc2c(c1)CCN(C)C2C(N)=O. The molecule has 1 aliphatic heterocycles. The Balaban J connectivity index is 2.44. The van der Waals surface area contributed by atoms with E-state index in [1.807, 2.05) is 30.1 Å². The van der Waals surface area contributed by atoms with Crippen molar-refractivity contribution < 1.29 is 9.53 Å². The largest absolute Gasteiger partial charge is 0.497 e. The molecule has 0 spiro atoms. The number of amides is 1. The van der Waals surface area contributed by atoms with Gasteiger partial charge in [0.15, 0.2) is 0 Å². The number of carbonyl (C=O) groups excluding carboxylic acids is 1. The first kappa shape index (κ1) is 11.0. The van der Waals surface area contributed by atoms with Gasteiger partial charge in [-0.15, -0.1) is 0 Å². The molecule has 1 aliphatic rings. The van der Waals surface area contributed by atoms with Crippen molar-refractivity contribution in [2.45, 2.75) is 12.5 Å². The lowest BCUT2D eigenvalue weighted by atomic mass is 9.92. The van der Waals surface area contributed by atoms with E-state index in [9.17, 15) is 4.79 Å². The number of carbonyl (C=O) groups is 1. The van der Waals surface area contributed by atoms with Gasteiger partial charge in [0.2, 0.25) is 5.91 Å². The van der Waals surface area contributed by atoms with Crippen LogP contribution in [0.1, 0.15) is 17.2 Å². The number of benzene rings is 1. The van der Waals surface area contributed by atoms with Gasteiger partial charge in [-0.3, -0.25) is 9.69 Å². The van der Waals surface area contributed by atoms with Gasteiger partial charge in [-0.1, -0.05) is 6.07 Å². The van der Waals surface area contributed by atoms with E-state index in [4.69, 9.17) is 10.5 Å². The maximum atomic E-state index is 11.4. The number of primary amides is 1. The van der Waals surface area contributed by atoms with Crippen molar-refractivity contribution in [2.24, 2.45) is 5.73 Å². The molecule has 16 heavy (non-hydrogen) atoms. The maximum absolute atomic E-state index is 11.4. The fourth-order valence-electron chi connectivity index (χ4n) is 2.23. The number of hydrogen-bond acceptors (Lipinski definition) is 3. The minimum atomic E-state index is -0.311. The molecule has 0 bridgehead atoms. The Morgan fingerprint density at radius 2 is 2.31 bits per heavy atom. The standard InChI is InChI=1S/C12H16N2O2/c1-14-6-5-8-7-9(16-2)3-4-10(8)11(14)12(13)15/h3-4,7,11H,5-6H2,1-2H3,(H2,13,15). The monoisotopic (exact) mass is 220 g/mol. The summed E-state index contributed by atoms with van der Waals surface area (Å²) in [6.07, 6.45) is 0.923. The quantitative estimate of drug-likeness (QED) is 0.798. The molecule has 1 aromatic rings. The second kappa shape index (κ2) is 4.14. The van der Waals surface area contributed by atoms with Crippen molar-refractivity contribution in [3.63, 3.8) is 0 Å². The molecule has 2 N–H and O–H groups in total. The van der Waals surface area contributed by atoms with E-state index in [0.717, 1.165) is 29.8 Å². The van der Waals surface area contributed by atoms with Crippen LogP contribution < -0.4 is 10.5 Å². The lowest BCUT2D eigenvalue weighted by molar-refractivity contribution is -0.123. The number of rotatable bonds is 2. The molecule has 0 saturated heterocycles. The first-order chi connectivity index (χ1) is 7.63. The Kier molecular flexibility index (Phi) is 2.83. The van der Waals surface area contributed by atoms with Gasteiger partial charge >= 0.3 is 0 Å². The zero-order chi connectivity index (χ0) is 11.7. The summed E-state index contributed by atoms with van der Waals surface area (Å²) in [4.78, 5) is 13.4. The van der Waals surface area contributed by atoms with Crippen LogP contribution in [-0.2, 0) is 11.2 Å². The van der Waals surface area contributed by atoms with E-state index in [0.29, 0.717) is 0 Å². The van der Waals surface area contributed by atoms with Crippen molar-refractivity contribution in [2.75, 3.05) is 20.7 Å². The molecule has 2 rings (SSSR count). The van der Waals surface area contributed by atoms with Gasteiger partial charge in [0.1, 0.15) is 11.8 Å². The second-order valence-corrected chi connectivity index (χ2v) is 4.10. The molecule has 1 unspecified atom stereocenters. The Morgan fingerprint density at radius 1 is 1.56 bits per heavy atom. The molecule has 1 aromatic carbocycles. The average Bonchev–Trinajstić information content (AvgIpc) is 2.27. The minimum absolute atomic E-state index is 0.298. The van der Waals surface area contributed by atoms with Crippen LogP contribution in [-0.4, -0.2) is 31.5 Å². The summed E-state index contributed by atoms with van der Waals surface area (Å²) in [5.41, 5.74) is 7.59. The Labute approximate surface area is 95.0 Å². The van der Waals surface area contributed by atoms with Crippen molar-refractivity contribution in [3.8, 4) is 5.75 Å². The minimum Gasteiger partial charge on any atom is -0.497 e. The van der Waals surface area contributed by atoms with E-state index in [1.54, 1.807) is 7.11 Å². The van der Waals surface area contributed by atoms with Crippen LogP contribution in [0, 0.1) is 0 Å². The first-order valence-corrected chi connectivity index (χ1v) is 5.30. The summed E-state index contributed by atoms with van der Waals surface area (Å²) in [6, 6.07) is 5.47. The molecule has 0 saturated carbocycles. The molecule has 1 amide bonds. The van der Waals surface area contributed by atoms with E-state index in [-0.39, 0.29) is 11.9 Å². The molecule has 4 heteroatoms. The van der Waals surface area contributed by atoms with Crippen LogP contribution in [0.2, 0.25) is 0 Å². The van der Waals surface area contributed by atoms with E-state index < -0.39 is 0 Å². The van der Waals surface area contributed by atoms with Gasteiger partial charge in [-0.05, 0) is 36.7 Å². The number of methoxy groups -OCH3 is 1.